The third-order valence-corrected chi connectivity index (χ3v) is 3.36. The number of carbonyl (C=O) groups is 2. The summed E-state index contributed by atoms with van der Waals surface area (Å²) in [5.41, 5.74) is -0.650. The first kappa shape index (κ1) is 11.8. The van der Waals surface area contributed by atoms with Gasteiger partial charge in [0.1, 0.15) is 11.6 Å². The fourth-order valence-corrected chi connectivity index (χ4v) is 2.42. The van der Waals surface area contributed by atoms with Crippen LogP contribution in [0.5, 0.6) is 0 Å². The Balaban J connectivity index is 2.43. The second kappa shape index (κ2) is 4.28. The minimum Gasteiger partial charge on any atom is -0.481 e. The molecular formula is C13H13FO3. The molecule has 0 aliphatic heterocycles. The molecule has 1 aliphatic rings. The van der Waals surface area contributed by atoms with Gasteiger partial charge in [-0.25, -0.2) is 4.39 Å². The molecule has 1 N–H and O–H groups in total. The molecule has 0 bridgehead atoms. The molecule has 3 nitrogen and oxygen atoms in total. The fraction of sp³-hybridized carbons (Fsp3) is 0.385. The van der Waals surface area contributed by atoms with Crippen molar-refractivity contribution < 1.29 is 19.1 Å². The maximum atomic E-state index is 12.8. The van der Waals surface area contributed by atoms with Gasteiger partial charge in [0.25, 0.3) is 0 Å². The number of carboxylic acid groups (broad SMARTS) is 1. The van der Waals surface area contributed by atoms with Gasteiger partial charge < -0.3 is 5.11 Å². The van der Waals surface area contributed by atoms with Gasteiger partial charge in [-0.2, -0.15) is 0 Å². The summed E-state index contributed by atoms with van der Waals surface area (Å²) in [5.74, 6) is -1.45. The van der Waals surface area contributed by atoms with Gasteiger partial charge in [0.05, 0.1) is 5.41 Å². The Hall–Kier alpha value is -1.71. The summed E-state index contributed by atoms with van der Waals surface area (Å²) in [6.07, 6.45) is 1.45. The zero-order chi connectivity index (χ0) is 12.5. The number of Topliss-reactive ketones (excluding diaryl/α,β-unsaturated/α-hetero) is 1. The van der Waals surface area contributed by atoms with Crippen molar-refractivity contribution in [1.29, 1.82) is 0 Å². The predicted octanol–water partition coefficient (Wildman–Crippen LogP) is 2.29. The standard InChI is InChI=1S/C13H13FO3/c14-10-5-3-9(4-6-10)13(12(16)17)7-1-2-11(15)8-13/h3-6H,1-2,7-8H2,(H,16,17). The van der Waals surface area contributed by atoms with E-state index >= 15 is 0 Å². The second-order valence-electron chi connectivity index (χ2n) is 4.46. The van der Waals surface area contributed by atoms with Crippen molar-refractivity contribution in [3.63, 3.8) is 0 Å². The van der Waals surface area contributed by atoms with Crippen molar-refractivity contribution in [3.05, 3.63) is 35.6 Å². The average Bonchev–Trinajstić information content (AvgIpc) is 2.29. The molecule has 1 aromatic carbocycles. The third kappa shape index (κ3) is 2.07. The molecule has 1 aromatic rings. The molecule has 2 rings (SSSR count). The Labute approximate surface area is 98.3 Å². The largest absolute Gasteiger partial charge is 0.481 e. The smallest absolute Gasteiger partial charge is 0.314 e. The summed E-state index contributed by atoms with van der Waals surface area (Å²) in [6.45, 7) is 0. The lowest BCUT2D eigenvalue weighted by molar-refractivity contribution is -0.147. The van der Waals surface area contributed by atoms with Gasteiger partial charge in [-0.3, -0.25) is 9.59 Å². The number of aliphatic carboxylic acids is 1. The van der Waals surface area contributed by atoms with Crippen molar-refractivity contribution in [1.82, 2.24) is 0 Å². The van der Waals surface area contributed by atoms with Crippen LogP contribution in [-0.2, 0) is 15.0 Å². The number of hydrogen-bond acceptors (Lipinski definition) is 2. The van der Waals surface area contributed by atoms with Crippen molar-refractivity contribution >= 4 is 11.8 Å². The van der Waals surface area contributed by atoms with Gasteiger partial charge in [-0.15, -0.1) is 0 Å². The Bertz CT molecular complexity index is 452. The van der Waals surface area contributed by atoms with Crippen molar-refractivity contribution in [2.45, 2.75) is 31.1 Å². The molecule has 1 saturated carbocycles. The number of halogens is 1. The maximum absolute atomic E-state index is 12.8. The Kier molecular flexibility index (Phi) is 2.96. The molecule has 90 valence electrons. The SMILES string of the molecule is O=C1CCCC(C(=O)O)(c2ccc(F)cc2)C1. The Morgan fingerprint density at radius 3 is 2.47 bits per heavy atom. The summed E-state index contributed by atoms with van der Waals surface area (Å²) in [7, 11) is 0. The average molecular weight is 236 g/mol. The normalized spacial score (nSPS) is 24.6. The lowest BCUT2D eigenvalue weighted by atomic mass is 9.69. The molecule has 1 atom stereocenters. The first-order valence-electron chi connectivity index (χ1n) is 5.56. The van der Waals surface area contributed by atoms with E-state index in [9.17, 15) is 19.1 Å². The Morgan fingerprint density at radius 2 is 1.94 bits per heavy atom. The zero-order valence-corrected chi connectivity index (χ0v) is 9.28. The summed E-state index contributed by atoms with van der Waals surface area (Å²) in [5, 5.41) is 9.38. The number of carboxylic acids is 1. The van der Waals surface area contributed by atoms with Crippen LogP contribution in [0.2, 0.25) is 0 Å². The lowest BCUT2D eigenvalue weighted by Crippen LogP contribution is -2.40. The Morgan fingerprint density at radius 1 is 1.29 bits per heavy atom. The first-order valence-corrected chi connectivity index (χ1v) is 5.56. The van der Waals surface area contributed by atoms with Gasteiger partial charge in [0.15, 0.2) is 0 Å². The van der Waals surface area contributed by atoms with Crippen LogP contribution in [0.1, 0.15) is 31.2 Å². The molecule has 0 aromatic heterocycles. The number of benzene rings is 1. The molecule has 0 heterocycles. The van der Waals surface area contributed by atoms with Crippen LogP contribution in [0.3, 0.4) is 0 Å². The molecule has 1 unspecified atom stereocenters. The number of ketones is 1. The van der Waals surface area contributed by atoms with E-state index in [1.807, 2.05) is 0 Å². The van der Waals surface area contributed by atoms with E-state index in [2.05, 4.69) is 0 Å². The highest BCUT2D eigenvalue weighted by atomic mass is 19.1. The lowest BCUT2D eigenvalue weighted by Gasteiger charge is -2.32. The molecule has 1 aliphatic carbocycles. The first-order chi connectivity index (χ1) is 8.04. The molecule has 0 radical (unpaired) electrons. The summed E-state index contributed by atoms with van der Waals surface area (Å²) in [6, 6.07) is 5.39. The quantitative estimate of drug-likeness (QED) is 0.857. The molecule has 0 spiro atoms. The van der Waals surface area contributed by atoms with Crippen LogP contribution in [0, 0.1) is 5.82 Å². The van der Waals surface area contributed by atoms with Gasteiger partial charge in [0.2, 0.25) is 0 Å². The minimum atomic E-state index is -1.16. The van der Waals surface area contributed by atoms with E-state index in [0.29, 0.717) is 24.8 Å². The van der Waals surface area contributed by atoms with Crippen LogP contribution in [-0.4, -0.2) is 16.9 Å². The van der Waals surface area contributed by atoms with Crippen LogP contribution >= 0.6 is 0 Å². The molecular weight excluding hydrogens is 223 g/mol. The van der Waals surface area contributed by atoms with Gasteiger partial charge in [-0.05, 0) is 30.5 Å². The monoisotopic (exact) mass is 236 g/mol. The van der Waals surface area contributed by atoms with E-state index in [1.165, 1.54) is 24.3 Å². The van der Waals surface area contributed by atoms with E-state index < -0.39 is 17.2 Å². The van der Waals surface area contributed by atoms with E-state index in [1.54, 1.807) is 0 Å². The van der Waals surface area contributed by atoms with Crippen LogP contribution in [0.25, 0.3) is 0 Å². The molecule has 17 heavy (non-hydrogen) atoms. The van der Waals surface area contributed by atoms with Crippen LogP contribution in [0.4, 0.5) is 4.39 Å². The maximum Gasteiger partial charge on any atom is 0.314 e. The van der Waals surface area contributed by atoms with E-state index in [-0.39, 0.29) is 12.2 Å². The van der Waals surface area contributed by atoms with Crippen LogP contribution < -0.4 is 0 Å². The van der Waals surface area contributed by atoms with Gasteiger partial charge >= 0.3 is 5.97 Å². The topological polar surface area (TPSA) is 54.4 Å². The van der Waals surface area contributed by atoms with Crippen molar-refractivity contribution in [3.8, 4) is 0 Å². The third-order valence-electron chi connectivity index (χ3n) is 3.36. The predicted molar refractivity (Wildman–Crippen MR) is 59.2 cm³/mol. The number of rotatable bonds is 2. The summed E-state index contributed by atoms with van der Waals surface area (Å²) < 4.78 is 12.8. The number of carbonyl (C=O) groups excluding carboxylic acids is 1. The molecule has 1 fully saturated rings. The zero-order valence-electron chi connectivity index (χ0n) is 9.28. The van der Waals surface area contributed by atoms with E-state index in [0.717, 1.165) is 0 Å². The van der Waals surface area contributed by atoms with Crippen molar-refractivity contribution in [2.75, 3.05) is 0 Å². The van der Waals surface area contributed by atoms with E-state index in [4.69, 9.17) is 0 Å². The van der Waals surface area contributed by atoms with Gasteiger partial charge in [-0.1, -0.05) is 12.1 Å². The summed E-state index contributed by atoms with van der Waals surface area (Å²) in [4.78, 5) is 22.9. The molecule has 0 saturated heterocycles. The number of hydrogen-bond donors (Lipinski definition) is 1. The molecule has 0 amide bonds. The highest BCUT2D eigenvalue weighted by molar-refractivity contribution is 5.91. The summed E-state index contributed by atoms with van der Waals surface area (Å²) >= 11 is 0. The minimum absolute atomic E-state index is 0.00790. The highest BCUT2D eigenvalue weighted by Crippen LogP contribution is 2.38. The molecule has 4 heteroatoms. The van der Waals surface area contributed by atoms with Crippen molar-refractivity contribution in [2.24, 2.45) is 0 Å². The highest BCUT2D eigenvalue weighted by Gasteiger charge is 2.44. The fourth-order valence-electron chi connectivity index (χ4n) is 2.42. The van der Waals surface area contributed by atoms with Gasteiger partial charge in [0, 0.05) is 12.8 Å². The second-order valence-corrected chi connectivity index (χ2v) is 4.46. The van der Waals surface area contributed by atoms with Crippen LogP contribution in [0.15, 0.2) is 24.3 Å².